The third-order valence-corrected chi connectivity index (χ3v) is 4.84. The summed E-state index contributed by atoms with van der Waals surface area (Å²) in [6, 6.07) is 4.95. The van der Waals surface area contributed by atoms with E-state index in [0.717, 1.165) is 19.5 Å². The van der Waals surface area contributed by atoms with Gasteiger partial charge in [0.05, 0.1) is 5.75 Å². The van der Waals surface area contributed by atoms with E-state index in [4.69, 9.17) is 0 Å². The summed E-state index contributed by atoms with van der Waals surface area (Å²) in [6.45, 7) is 1.69. The molecule has 2 heterocycles. The molecule has 1 N–H and O–H groups in total. The van der Waals surface area contributed by atoms with Crippen molar-refractivity contribution in [2.24, 2.45) is 5.92 Å². The van der Waals surface area contributed by atoms with Gasteiger partial charge in [0.25, 0.3) is 0 Å². The van der Waals surface area contributed by atoms with Crippen molar-refractivity contribution in [1.29, 1.82) is 0 Å². The Labute approximate surface area is 116 Å². The molecule has 0 spiro atoms. The lowest BCUT2D eigenvalue weighted by Gasteiger charge is -2.08. The van der Waals surface area contributed by atoms with E-state index in [1.54, 1.807) is 18.2 Å². The van der Waals surface area contributed by atoms with Crippen molar-refractivity contribution < 1.29 is 8.42 Å². The molecule has 96 valence electrons. The topological polar surface area (TPSA) is 59.1 Å². The van der Waals surface area contributed by atoms with Crippen LogP contribution < -0.4 is 5.32 Å². The molecule has 0 aromatic carbocycles. The van der Waals surface area contributed by atoms with E-state index < -0.39 is 9.84 Å². The summed E-state index contributed by atoms with van der Waals surface area (Å²) in [5.74, 6) is 0.398. The smallest absolute Gasteiger partial charge is 0.195 e. The van der Waals surface area contributed by atoms with Crippen LogP contribution in [0, 0.1) is 5.92 Å². The predicted octanol–water partition coefficient (Wildman–Crippen LogP) is 1.65. The van der Waals surface area contributed by atoms with Crippen molar-refractivity contribution in [3.05, 3.63) is 22.8 Å². The van der Waals surface area contributed by atoms with Crippen LogP contribution in [0.25, 0.3) is 0 Å². The number of sulfone groups is 1. The van der Waals surface area contributed by atoms with Gasteiger partial charge in [-0.2, -0.15) is 0 Å². The van der Waals surface area contributed by atoms with E-state index in [1.165, 1.54) is 0 Å². The molecular formula is C10H14BrClN2O2S. The number of hydrogen-bond acceptors (Lipinski definition) is 4. The first kappa shape index (κ1) is 14.9. The molecule has 4 nitrogen and oxygen atoms in total. The Morgan fingerprint density at radius 1 is 1.47 bits per heavy atom. The molecule has 0 radical (unpaired) electrons. The minimum absolute atomic E-state index is 0. The highest BCUT2D eigenvalue weighted by molar-refractivity contribution is 9.10. The zero-order chi connectivity index (χ0) is 11.6. The quantitative estimate of drug-likeness (QED) is 0.849. The summed E-state index contributed by atoms with van der Waals surface area (Å²) in [7, 11) is -3.25. The minimum atomic E-state index is -3.25. The van der Waals surface area contributed by atoms with Crippen molar-refractivity contribution in [2.75, 3.05) is 18.8 Å². The van der Waals surface area contributed by atoms with Crippen molar-refractivity contribution >= 4 is 38.2 Å². The summed E-state index contributed by atoms with van der Waals surface area (Å²) in [6.07, 6.45) is 0.924. The molecule has 0 amide bonds. The summed E-state index contributed by atoms with van der Waals surface area (Å²) in [5.41, 5.74) is 0. The normalized spacial score (nSPS) is 19.9. The van der Waals surface area contributed by atoms with Gasteiger partial charge in [0.1, 0.15) is 4.60 Å². The van der Waals surface area contributed by atoms with Crippen molar-refractivity contribution in [3.63, 3.8) is 0 Å². The molecule has 17 heavy (non-hydrogen) atoms. The molecule has 1 aromatic rings. The maximum atomic E-state index is 12.0. The summed E-state index contributed by atoms with van der Waals surface area (Å²) >= 11 is 3.18. The van der Waals surface area contributed by atoms with Crippen LogP contribution in [0.2, 0.25) is 0 Å². The lowest BCUT2D eigenvalue weighted by atomic mass is 10.2. The molecule has 0 saturated carbocycles. The van der Waals surface area contributed by atoms with Gasteiger partial charge in [0.15, 0.2) is 14.9 Å². The zero-order valence-electron chi connectivity index (χ0n) is 9.10. The van der Waals surface area contributed by atoms with Crippen LogP contribution in [0.4, 0.5) is 0 Å². The molecule has 2 rings (SSSR count). The van der Waals surface area contributed by atoms with Gasteiger partial charge in [0, 0.05) is 0 Å². The number of halogens is 2. The summed E-state index contributed by atoms with van der Waals surface area (Å²) in [4.78, 5) is 4.00. The molecule has 1 saturated heterocycles. The largest absolute Gasteiger partial charge is 0.316 e. The average molecular weight is 342 g/mol. The summed E-state index contributed by atoms with van der Waals surface area (Å²) < 4.78 is 24.6. The molecular weight excluding hydrogens is 328 g/mol. The van der Waals surface area contributed by atoms with Gasteiger partial charge >= 0.3 is 0 Å². The predicted molar refractivity (Wildman–Crippen MR) is 72.2 cm³/mol. The lowest BCUT2D eigenvalue weighted by molar-refractivity contribution is 0.567. The van der Waals surface area contributed by atoms with Crippen LogP contribution in [0.1, 0.15) is 6.42 Å². The van der Waals surface area contributed by atoms with E-state index in [9.17, 15) is 8.42 Å². The standard InChI is InChI=1S/C10H13BrN2O2S.ClH/c11-9-2-1-3-10(13-9)16(14,15)7-8-4-5-12-6-8;/h1-3,8,12H,4-7H2;1H. The molecule has 0 aliphatic carbocycles. The zero-order valence-corrected chi connectivity index (χ0v) is 12.3. The second kappa shape index (κ2) is 6.13. The Balaban J connectivity index is 0.00000144. The number of rotatable bonds is 3. The monoisotopic (exact) mass is 340 g/mol. The molecule has 1 aliphatic heterocycles. The van der Waals surface area contributed by atoms with Gasteiger partial charge < -0.3 is 5.32 Å². The maximum Gasteiger partial charge on any atom is 0.195 e. The van der Waals surface area contributed by atoms with E-state index in [0.29, 0.717) is 4.60 Å². The Morgan fingerprint density at radius 3 is 2.82 bits per heavy atom. The molecule has 0 bridgehead atoms. The Kier molecular flexibility index (Phi) is 5.37. The third-order valence-electron chi connectivity index (χ3n) is 2.63. The Bertz CT molecular complexity index is 475. The number of aromatic nitrogens is 1. The third kappa shape index (κ3) is 3.91. The SMILES string of the molecule is Cl.O=S(=O)(CC1CCNC1)c1cccc(Br)n1. The van der Waals surface area contributed by atoms with E-state index in [2.05, 4.69) is 26.2 Å². The number of nitrogens with one attached hydrogen (secondary N) is 1. The van der Waals surface area contributed by atoms with Crippen LogP contribution in [0.15, 0.2) is 27.8 Å². The van der Waals surface area contributed by atoms with Crippen molar-refractivity contribution in [1.82, 2.24) is 10.3 Å². The first-order chi connectivity index (χ1) is 7.58. The van der Waals surface area contributed by atoms with Gasteiger partial charge in [-0.1, -0.05) is 6.07 Å². The van der Waals surface area contributed by atoms with Gasteiger partial charge in [-0.05, 0) is 53.5 Å². The van der Waals surface area contributed by atoms with E-state index in [1.807, 2.05) is 0 Å². The first-order valence-corrected chi connectivity index (χ1v) is 7.58. The Hall–Kier alpha value is -0.170. The number of hydrogen-bond donors (Lipinski definition) is 1. The van der Waals surface area contributed by atoms with Crippen LogP contribution in [-0.4, -0.2) is 32.2 Å². The fraction of sp³-hybridized carbons (Fsp3) is 0.500. The Morgan fingerprint density at radius 2 is 2.24 bits per heavy atom. The molecule has 1 aliphatic rings. The molecule has 1 fully saturated rings. The summed E-state index contributed by atoms with van der Waals surface area (Å²) in [5, 5.41) is 3.32. The van der Waals surface area contributed by atoms with Gasteiger partial charge in [-0.15, -0.1) is 12.4 Å². The van der Waals surface area contributed by atoms with Crippen molar-refractivity contribution in [2.45, 2.75) is 11.4 Å². The maximum absolute atomic E-state index is 12.0. The van der Waals surface area contributed by atoms with Gasteiger partial charge in [-0.25, -0.2) is 13.4 Å². The lowest BCUT2D eigenvalue weighted by Crippen LogP contribution is -2.19. The second-order valence-corrected chi connectivity index (χ2v) is 6.73. The highest BCUT2D eigenvalue weighted by Crippen LogP contribution is 2.17. The van der Waals surface area contributed by atoms with E-state index >= 15 is 0 Å². The van der Waals surface area contributed by atoms with Crippen molar-refractivity contribution in [3.8, 4) is 0 Å². The number of pyridine rings is 1. The van der Waals surface area contributed by atoms with Gasteiger partial charge in [-0.3, -0.25) is 0 Å². The first-order valence-electron chi connectivity index (χ1n) is 5.14. The fourth-order valence-corrected chi connectivity index (χ4v) is 3.88. The average Bonchev–Trinajstić information content (AvgIpc) is 2.70. The molecule has 1 unspecified atom stereocenters. The minimum Gasteiger partial charge on any atom is -0.316 e. The molecule has 1 aromatic heterocycles. The van der Waals surface area contributed by atoms with Crippen LogP contribution in [0.5, 0.6) is 0 Å². The van der Waals surface area contributed by atoms with Crippen LogP contribution in [-0.2, 0) is 9.84 Å². The van der Waals surface area contributed by atoms with E-state index in [-0.39, 0.29) is 29.1 Å². The molecule has 7 heteroatoms. The van der Waals surface area contributed by atoms with Gasteiger partial charge in [0.2, 0.25) is 0 Å². The second-order valence-electron chi connectivity index (χ2n) is 3.94. The molecule has 1 atom stereocenters. The van der Waals surface area contributed by atoms with Crippen LogP contribution >= 0.6 is 28.3 Å². The highest BCUT2D eigenvalue weighted by atomic mass is 79.9. The highest BCUT2D eigenvalue weighted by Gasteiger charge is 2.24. The fourth-order valence-electron chi connectivity index (χ4n) is 1.82. The van der Waals surface area contributed by atoms with Crippen LogP contribution in [0.3, 0.4) is 0 Å². The number of nitrogens with zero attached hydrogens (tertiary/aromatic N) is 1.